The molecule has 0 bridgehead atoms. The first-order valence-corrected chi connectivity index (χ1v) is 10.0. The van der Waals surface area contributed by atoms with Gasteiger partial charge in [-0.25, -0.2) is 15.0 Å². The van der Waals surface area contributed by atoms with E-state index in [2.05, 4.69) is 9.98 Å². The van der Waals surface area contributed by atoms with Crippen LogP contribution in [0, 0.1) is 0 Å². The van der Waals surface area contributed by atoms with Gasteiger partial charge in [0.15, 0.2) is 0 Å². The molecular formula is C25H19N5O2. The summed E-state index contributed by atoms with van der Waals surface area (Å²) in [6.45, 7) is 0.341. The zero-order valence-corrected chi connectivity index (χ0v) is 17.0. The Morgan fingerprint density at radius 3 is 2.22 bits per heavy atom. The molecule has 7 heteroatoms. The minimum absolute atomic E-state index is 0.207. The fourth-order valence-corrected chi connectivity index (χ4v) is 3.37. The van der Waals surface area contributed by atoms with Crippen molar-refractivity contribution < 1.29 is 10.2 Å². The summed E-state index contributed by atoms with van der Waals surface area (Å²) in [5.41, 5.74) is 3.54. The van der Waals surface area contributed by atoms with Crippen LogP contribution in [-0.4, -0.2) is 45.6 Å². The van der Waals surface area contributed by atoms with Gasteiger partial charge >= 0.3 is 0 Å². The summed E-state index contributed by atoms with van der Waals surface area (Å²) >= 11 is 0. The molecule has 156 valence electrons. The molecule has 2 aliphatic heterocycles. The normalized spacial score (nSPS) is 15.2. The average Bonchev–Trinajstić information content (AvgIpc) is 2.83. The van der Waals surface area contributed by atoms with Crippen molar-refractivity contribution in [1.82, 2.24) is 4.90 Å². The number of hydrogen-bond acceptors (Lipinski definition) is 7. The predicted molar refractivity (Wildman–Crippen MR) is 127 cm³/mol. The van der Waals surface area contributed by atoms with Gasteiger partial charge in [0.25, 0.3) is 0 Å². The Labute approximate surface area is 184 Å². The Bertz CT molecular complexity index is 1300. The van der Waals surface area contributed by atoms with Crippen LogP contribution in [0.15, 0.2) is 98.8 Å². The summed E-state index contributed by atoms with van der Waals surface area (Å²) in [6, 6.07) is 21.6. The van der Waals surface area contributed by atoms with Gasteiger partial charge in [-0.2, -0.15) is 4.99 Å². The Kier molecular flexibility index (Phi) is 5.05. The van der Waals surface area contributed by atoms with Crippen LogP contribution in [0.1, 0.15) is 16.7 Å². The lowest BCUT2D eigenvalue weighted by atomic mass is 10.1. The molecule has 0 aromatic heterocycles. The van der Waals surface area contributed by atoms with Gasteiger partial charge in [-0.3, -0.25) is 4.90 Å². The maximum atomic E-state index is 9.48. The summed E-state index contributed by atoms with van der Waals surface area (Å²) in [4.78, 5) is 20.3. The van der Waals surface area contributed by atoms with Gasteiger partial charge in [-0.1, -0.05) is 30.3 Å². The molecule has 0 unspecified atom stereocenters. The van der Waals surface area contributed by atoms with Crippen LogP contribution in [-0.2, 0) is 0 Å². The van der Waals surface area contributed by atoms with Crippen LogP contribution in [0.3, 0.4) is 0 Å². The monoisotopic (exact) mass is 421 g/mol. The van der Waals surface area contributed by atoms with Crippen LogP contribution in [0.2, 0.25) is 0 Å². The molecule has 2 N–H and O–H groups in total. The maximum Gasteiger partial charge on any atom is 0.248 e. The average molecular weight is 421 g/mol. The van der Waals surface area contributed by atoms with Crippen molar-refractivity contribution in [2.45, 2.75) is 0 Å². The fourth-order valence-electron chi connectivity index (χ4n) is 3.37. The number of guanidine groups is 1. The van der Waals surface area contributed by atoms with Gasteiger partial charge in [0.2, 0.25) is 5.96 Å². The molecule has 0 aliphatic carbocycles. The number of nitrogens with zero attached hydrogens (tertiary/aromatic N) is 5. The van der Waals surface area contributed by atoms with Gasteiger partial charge in [-0.15, -0.1) is 0 Å². The number of aromatic hydroxyl groups is 2. The molecular weight excluding hydrogens is 402 g/mol. The van der Waals surface area contributed by atoms with E-state index in [9.17, 15) is 10.2 Å². The highest BCUT2D eigenvalue weighted by Crippen LogP contribution is 2.28. The zero-order valence-electron chi connectivity index (χ0n) is 17.0. The van der Waals surface area contributed by atoms with Crippen molar-refractivity contribution in [1.29, 1.82) is 0 Å². The van der Waals surface area contributed by atoms with Crippen molar-refractivity contribution in [3.8, 4) is 11.5 Å². The van der Waals surface area contributed by atoms with Crippen LogP contribution in [0.5, 0.6) is 11.5 Å². The molecule has 2 heterocycles. The summed E-state index contributed by atoms with van der Waals surface area (Å²) in [7, 11) is 0. The number of hydrogen-bond donors (Lipinski definition) is 2. The summed E-state index contributed by atoms with van der Waals surface area (Å²) in [5.74, 6) is 2.28. The van der Waals surface area contributed by atoms with Crippen LogP contribution in [0.25, 0.3) is 6.08 Å². The number of rotatable bonds is 3. The van der Waals surface area contributed by atoms with Crippen molar-refractivity contribution in [3.05, 3.63) is 95.6 Å². The number of benzene rings is 3. The minimum atomic E-state index is 0.207. The number of fused-ring (bicyclic) bond motifs is 3. The van der Waals surface area contributed by atoms with Crippen molar-refractivity contribution >= 4 is 35.6 Å². The van der Waals surface area contributed by atoms with Crippen LogP contribution >= 0.6 is 0 Å². The van der Waals surface area contributed by atoms with E-state index < -0.39 is 0 Å². The second-order valence-electron chi connectivity index (χ2n) is 7.22. The third-order valence-corrected chi connectivity index (χ3v) is 5.01. The van der Waals surface area contributed by atoms with Gasteiger partial charge in [0.1, 0.15) is 29.8 Å². The highest BCUT2D eigenvalue weighted by atomic mass is 16.3. The SMILES string of the molecule is Oc1ccc(/C=N\C2=NCN3C(/C=C/c4ccc(O)cc4)=Nc4ccccc4C3=N2)cc1. The second kappa shape index (κ2) is 8.31. The molecule has 2 aliphatic rings. The Morgan fingerprint density at radius 1 is 0.781 bits per heavy atom. The smallest absolute Gasteiger partial charge is 0.248 e. The Balaban J connectivity index is 1.45. The van der Waals surface area contributed by atoms with Gasteiger partial charge < -0.3 is 10.2 Å². The number of phenols is 2. The Hall–Kier alpha value is -4.52. The van der Waals surface area contributed by atoms with E-state index in [1.807, 2.05) is 53.5 Å². The summed E-state index contributed by atoms with van der Waals surface area (Å²) < 4.78 is 0. The lowest BCUT2D eigenvalue weighted by molar-refractivity contribution is 0.474. The van der Waals surface area contributed by atoms with Crippen molar-refractivity contribution in [3.63, 3.8) is 0 Å². The van der Waals surface area contributed by atoms with E-state index in [1.165, 1.54) is 0 Å². The lowest BCUT2D eigenvalue weighted by Gasteiger charge is -2.31. The summed E-state index contributed by atoms with van der Waals surface area (Å²) in [5, 5.41) is 18.9. The molecule has 0 spiro atoms. The Morgan fingerprint density at radius 2 is 1.47 bits per heavy atom. The maximum absolute atomic E-state index is 9.48. The number of aliphatic imine (C=N–C) groups is 4. The number of para-hydroxylation sites is 1. The molecule has 0 amide bonds. The second-order valence-corrected chi connectivity index (χ2v) is 7.22. The van der Waals surface area contributed by atoms with E-state index in [-0.39, 0.29) is 11.5 Å². The molecule has 3 aromatic carbocycles. The minimum Gasteiger partial charge on any atom is -0.508 e. The molecule has 0 saturated carbocycles. The molecule has 5 rings (SSSR count). The van der Waals surface area contributed by atoms with Gasteiger partial charge in [-0.05, 0) is 65.7 Å². The topological polar surface area (TPSA) is 93.1 Å². The zero-order chi connectivity index (χ0) is 21.9. The summed E-state index contributed by atoms with van der Waals surface area (Å²) in [6.07, 6.45) is 5.52. The first-order chi connectivity index (χ1) is 15.7. The number of phenolic OH excluding ortho intramolecular Hbond substituents is 2. The van der Waals surface area contributed by atoms with Crippen molar-refractivity contribution in [2.75, 3.05) is 6.67 Å². The molecule has 0 radical (unpaired) electrons. The molecule has 7 nitrogen and oxygen atoms in total. The van der Waals surface area contributed by atoms with Gasteiger partial charge in [0.05, 0.1) is 5.69 Å². The molecule has 3 aromatic rings. The van der Waals surface area contributed by atoms with Crippen LogP contribution < -0.4 is 0 Å². The van der Waals surface area contributed by atoms with E-state index in [1.54, 1.807) is 42.6 Å². The highest BCUT2D eigenvalue weighted by Gasteiger charge is 2.27. The third-order valence-electron chi connectivity index (χ3n) is 5.01. The largest absolute Gasteiger partial charge is 0.508 e. The van der Waals surface area contributed by atoms with Crippen molar-refractivity contribution in [2.24, 2.45) is 20.0 Å². The van der Waals surface area contributed by atoms with Crippen LogP contribution in [0.4, 0.5) is 5.69 Å². The van der Waals surface area contributed by atoms with E-state index in [0.717, 1.165) is 34.0 Å². The third kappa shape index (κ3) is 4.04. The highest BCUT2D eigenvalue weighted by molar-refractivity contribution is 6.22. The van der Waals surface area contributed by atoms with E-state index >= 15 is 0 Å². The quantitative estimate of drug-likeness (QED) is 0.616. The molecule has 0 saturated heterocycles. The number of amidine groups is 2. The molecule has 32 heavy (non-hydrogen) atoms. The standard InChI is InChI=1S/C25H19N5O2/c31-19-10-5-17(6-11-19)9-14-23-28-22-4-2-1-3-21(22)24-29-25(27-16-30(23)24)26-15-18-7-12-20(32)13-8-18/h1-15,31-32H,16H2/b14-9+,26-15-. The fraction of sp³-hybridized carbons (Fsp3) is 0.0400. The first-order valence-electron chi connectivity index (χ1n) is 10.0. The molecule has 0 atom stereocenters. The first kappa shape index (κ1) is 19.4. The lowest BCUT2D eigenvalue weighted by Crippen LogP contribution is -2.41. The van der Waals surface area contributed by atoms with E-state index in [4.69, 9.17) is 9.98 Å². The molecule has 0 fully saturated rings. The predicted octanol–water partition coefficient (Wildman–Crippen LogP) is 4.35. The van der Waals surface area contributed by atoms with E-state index in [0.29, 0.717) is 12.6 Å². The van der Waals surface area contributed by atoms with Gasteiger partial charge in [0, 0.05) is 11.8 Å².